The van der Waals surface area contributed by atoms with Crippen LogP contribution in [0, 0.1) is 0 Å². The van der Waals surface area contributed by atoms with Crippen LogP contribution in [-0.2, 0) is 14.3 Å². The Kier molecular flexibility index (Phi) is 9.29. The average Bonchev–Trinajstić information content (AvgIpc) is 3.16. The molecule has 1 unspecified atom stereocenters. The summed E-state index contributed by atoms with van der Waals surface area (Å²) in [6.07, 6.45) is 4.11. The molecule has 1 aliphatic carbocycles. The molecule has 7 heteroatoms. The largest absolute Gasteiger partial charge is 0.480 e. The van der Waals surface area contributed by atoms with Crippen LogP contribution in [0.25, 0.3) is 11.1 Å². The maximum absolute atomic E-state index is 12.2. The van der Waals surface area contributed by atoms with Gasteiger partial charge in [-0.2, -0.15) is 0 Å². The molecule has 0 spiro atoms. The first-order valence-electron chi connectivity index (χ1n) is 12.5. The van der Waals surface area contributed by atoms with Gasteiger partial charge in [-0.15, -0.1) is 0 Å². The van der Waals surface area contributed by atoms with E-state index in [0.717, 1.165) is 19.3 Å². The lowest BCUT2D eigenvalue weighted by Gasteiger charge is -2.25. The normalized spacial score (nSPS) is 13.9. The number of amides is 2. The van der Waals surface area contributed by atoms with Crippen molar-refractivity contribution in [1.29, 1.82) is 0 Å². The number of hydrogen-bond donors (Lipinski definition) is 3. The first-order chi connectivity index (χ1) is 16.9. The van der Waals surface area contributed by atoms with E-state index in [0.29, 0.717) is 38.8 Å². The number of unbranched alkanes of at least 4 members (excludes halogenated alkanes) is 3. The Labute approximate surface area is 207 Å². The molecule has 0 aliphatic heterocycles. The van der Waals surface area contributed by atoms with Gasteiger partial charge in [-0.25, -0.2) is 9.59 Å². The van der Waals surface area contributed by atoms with E-state index in [1.54, 1.807) is 6.92 Å². The van der Waals surface area contributed by atoms with E-state index in [-0.39, 0.29) is 11.8 Å². The molecule has 0 bridgehead atoms. The minimum atomic E-state index is -1.21. The zero-order chi connectivity index (χ0) is 25.3. The second-order valence-electron chi connectivity index (χ2n) is 9.35. The first-order valence-corrected chi connectivity index (χ1v) is 12.5. The Morgan fingerprint density at radius 2 is 1.54 bits per heavy atom. The van der Waals surface area contributed by atoms with E-state index < -0.39 is 17.6 Å². The van der Waals surface area contributed by atoms with Crippen molar-refractivity contribution in [2.75, 3.05) is 13.2 Å². The van der Waals surface area contributed by atoms with Gasteiger partial charge >= 0.3 is 12.1 Å². The van der Waals surface area contributed by atoms with E-state index in [9.17, 15) is 19.5 Å². The fraction of sp³-hybridized carbons (Fsp3) is 0.464. The third kappa shape index (κ3) is 6.84. The molecule has 0 saturated heterocycles. The van der Waals surface area contributed by atoms with Crippen molar-refractivity contribution in [2.45, 2.75) is 70.3 Å². The van der Waals surface area contributed by atoms with Crippen molar-refractivity contribution in [1.82, 2.24) is 10.6 Å². The third-order valence-electron chi connectivity index (χ3n) is 6.58. The highest BCUT2D eigenvalue weighted by atomic mass is 16.5. The molecule has 35 heavy (non-hydrogen) atoms. The summed E-state index contributed by atoms with van der Waals surface area (Å²) in [5, 5.41) is 14.8. The van der Waals surface area contributed by atoms with E-state index in [1.165, 1.54) is 22.3 Å². The van der Waals surface area contributed by atoms with E-state index in [2.05, 4.69) is 34.9 Å². The highest BCUT2D eigenvalue weighted by Gasteiger charge is 2.33. The molecule has 0 fully saturated rings. The van der Waals surface area contributed by atoms with Gasteiger partial charge < -0.3 is 20.5 Å². The zero-order valence-electron chi connectivity index (χ0n) is 20.6. The predicted molar refractivity (Wildman–Crippen MR) is 135 cm³/mol. The van der Waals surface area contributed by atoms with E-state index >= 15 is 0 Å². The molecule has 0 saturated carbocycles. The first kappa shape index (κ1) is 26.3. The summed E-state index contributed by atoms with van der Waals surface area (Å²) >= 11 is 0. The van der Waals surface area contributed by atoms with Crippen molar-refractivity contribution in [2.24, 2.45) is 0 Å². The highest BCUT2D eigenvalue weighted by Crippen LogP contribution is 2.44. The van der Waals surface area contributed by atoms with Gasteiger partial charge in [-0.05, 0) is 48.4 Å². The van der Waals surface area contributed by atoms with Gasteiger partial charge in [0, 0.05) is 18.9 Å². The molecule has 2 amide bonds. The van der Waals surface area contributed by atoms with Gasteiger partial charge in [0.25, 0.3) is 0 Å². The average molecular weight is 481 g/mol. The van der Waals surface area contributed by atoms with E-state index in [1.807, 2.05) is 31.2 Å². The molecule has 3 rings (SSSR count). The van der Waals surface area contributed by atoms with Gasteiger partial charge in [-0.1, -0.05) is 74.7 Å². The Hall–Kier alpha value is -3.35. The summed E-state index contributed by atoms with van der Waals surface area (Å²) in [7, 11) is 0. The number of aliphatic carboxylic acids is 1. The van der Waals surface area contributed by atoms with Gasteiger partial charge in [0.1, 0.15) is 12.1 Å². The maximum Gasteiger partial charge on any atom is 0.407 e. The number of carboxylic acids is 1. The molecule has 0 aromatic heterocycles. The van der Waals surface area contributed by atoms with Crippen LogP contribution in [0.5, 0.6) is 0 Å². The van der Waals surface area contributed by atoms with Crippen LogP contribution in [-0.4, -0.2) is 41.8 Å². The topological polar surface area (TPSA) is 105 Å². The van der Waals surface area contributed by atoms with Gasteiger partial charge in [0.2, 0.25) is 5.91 Å². The number of nitrogens with one attached hydrogen (secondary N) is 2. The molecule has 3 N–H and O–H groups in total. The van der Waals surface area contributed by atoms with Crippen LogP contribution < -0.4 is 10.6 Å². The molecule has 188 valence electrons. The molecule has 0 heterocycles. The Morgan fingerprint density at radius 1 is 0.943 bits per heavy atom. The SMILES string of the molecule is CCCC(C)(NC(=O)CCCCCCNC(=O)OCC1c2ccccc2-c2ccccc21)C(=O)O. The molecule has 1 atom stereocenters. The second-order valence-corrected chi connectivity index (χ2v) is 9.35. The minimum Gasteiger partial charge on any atom is -0.480 e. The van der Waals surface area contributed by atoms with Crippen LogP contribution >= 0.6 is 0 Å². The number of ether oxygens (including phenoxy) is 1. The number of rotatable bonds is 13. The molecular formula is C28H36N2O5. The third-order valence-corrected chi connectivity index (χ3v) is 6.58. The lowest BCUT2D eigenvalue weighted by atomic mass is 9.96. The van der Waals surface area contributed by atoms with Crippen LogP contribution in [0.1, 0.15) is 75.8 Å². The van der Waals surface area contributed by atoms with Crippen LogP contribution in [0.2, 0.25) is 0 Å². The fourth-order valence-electron chi connectivity index (χ4n) is 4.70. The van der Waals surface area contributed by atoms with Crippen molar-refractivity contribution in [3.63, 3.8) is 0 Å². The van der Waals surface area contributed by atoms with Gasteiger partial charge in [0.05, 0.1) is 0 Å². The van der Waals surface area contributed by atoms with Gasteiger partial charge in [0.15, 0.2) is 0 Å². The number of carbonyl (C=O) groups is 3. The van der Waals surface area contributed by atoms with Crippen molar-refractivity contribution in [3.8, 4) is 11.1 Å². The van der Waals surface area contributed by atoms with Gasteiger partial charge in [-0.3, -0.25) is 4.79 Å². The van der Waals surface area contributed by atoms with Crippen LogP contribution in [0.15, 0.2) is 48.5 Å². The zero-order valence-corrected chi connectivity index (χ0v) is 20.6. The quantitative estimate of drug-likeness (QED) is 0.340. The predicted octanol–water partition coefficient (Wildman–Crippen LogP) is 5.24. The summed E-state index contributed by atoms with van der Waals surface area (Å²) in [4.78, 5) is 35.7. The van der Waals surface area contributed by atoms with Crippen molar-refractivity contribution >= 4 is 18.0 Å². The molecule has 1 aliphatic rings. The second kappa shape index (κ2) is 12.4. The van der Waals surface area contributed by atoms with Crippen LogP contribution in [0.3, 0.4) is 0 Å². The Morgan fingerprint density at radius 3 is 2.14 bits per heavy atom. The number of hydrogen-bond acceptors (Lipinski definition) is 4. The molecular weight excluding hydrogens is 444 g/mol. The molecule has 0 radical (unpaired) electrons. The number of alkyl carbamates (subject to hydrolysis) is 1. The van der Waals surface area contributed by atoms with E-state index in [4.69, 9.17) is 4.74 Å². The number of carboxylic acid groups (broad SMARTS) is 1. The smallest absolute Gasteiger partial charge is 0.407 e. The standard InChI is InChI=1S/C28H36N2O5/c1-3-17-28(2,26(32)33)30-25(31)16-6-4-5-11-18-29-27(34)35-19-24-22-14-9-7-12-20(22)21-13-8-10-15-23(21)24/h7-10,12-15,24H,3-6,11,16-19H2,1-2H3,(H,29,34)(H,30,31)(H,32,33). The summed E-state index contributed by atoms with van der Waals surface area (Å²) in [5.41, 5.74) is 3.55. The maximum atomic E-state index is 12.2. The minimum absolute atomic E-state index is 0.0413. The van der Waals surface area contributed by atoms with Crippen molar-refractivity contribution in [3.05, 3.63) is 59.7 Å². The number of fused-ring (bicyclic) bond motifs is 3. The summed E-state index contributed by atoms with van der Waals surface area (Å²) in [5.74, 6) is -1.20. The lowest BCUT2D eigenvalue weighted by molar-refractivity contribution is -0.147. The van der Waals surface area contributed by atoms with Crippen molar-refractivity contribution < 1.29 is 24.2 Å². The summed E-state index contributed by atoms with van der Waals surface area (Å²) in [6.45, 7) is 4.24. The Bertz CT molecular complexity index is 992. The molecule has 2 aromatic rings. The monoisotopic (exact) mass is 480 g/mol. The fourth-order valence-corrected chi connectivity index (χ4v) is 4.70. The number of benzene rings is 2. The van der Waals surface area contributed by atoms with Crippen LogP contribution in [0.4, 0.5) is 4.79 Å². The number of carbonyl (C=O) groups excluding carboxylic acids is 2. The summed E-state index contributed by atoms with van der Waals surface area (Å²) < 4.78 is 5.53. The lowest BCUT2D eigenvalue weighted by Crippen LogP contribution is -2.52. The highest BCUT2D eigenvalue weighted by molar-refractivity contribution is 5.86. The summed E-state index contributed by atoms with van der Waals surface area (Å²) in [6, 6.07) is 16.5. The Balaban J connectivity index is 1.31. The molecule has 7 nitrogen and oxygen atoms in total. The molecule has 2 aromatic carbocycles.